The van der Waals surface area contributed by atoms with Crippen LogP contribution in [0.25, 0.3) is 22.2 Å². The first-order valence-electron chi connectivity index (χ1n) is 13.3. The molecule has 0 bridgehead atoms. The van der Waals surface area contributed by atoms with E-state index in [1.54, 1.807) is 0 Å². The Kier molecular flexibility index (Phi) is 6.64. The molecule has 0 spiro atoms. The number of hydrogen-bond donors (Lipinski definition) is 3. The molecule has 8 heteroatoms. The monoisotopic (exact) mass is 509 g/mol. The topological polar surface area (TPSA) is 109 Å². The van der Waals surface area contributed by atoms with E-state index in [1.165, 1.54) is 41.2 Å². The first-order valence-corrected chi connectivity index (χ1v) is 13.3. The molecule has 38 heavy (non-hydrogen) atoms. The number of benzene rings is 3. The lowest BCUT2D eigenvalue weighted by Gasteiger charge is -2.32. The first kappa shape index (κ1) is 24.3. The van der Waals surface area contributed by atoms with E-state index in [-0.39, 0.29) is 18.4 Å². The second-order valence-electron chi connectivity index (χ2n) is 10.4. The third-order valence-electron chi connectivity index (χ3n) is 7.80. The maximum Gasteiger partial charge on any atom is 0.322 e. The third-order valence-corrected chi connectivity index (χ3v) is 7.80. The Morgan fingerprint density at radius 2 is 1.84 bits per heavy atom. The molecule has 1 saturated heterocycles. The maximum absolute atomic E-state index is 11.8. The number of nitrogens with zero attached hydrogens (tertiary/aromatic N) is 2. The van der Waals surface area contributed by atoms with Crippen LogP contribution >= 0.6 is 0 Å². The highest BCUT2D eigenvalue weighted by atomic mass is 16.5. The fourth-order valence-corrected chi connectivity index (χ4v) is 5.85. The zero-order valence-electron chi connectivity index (χ0n) is 21.3. The van der Waals surface area contributed by atoms with Gasteiger partial charge in [-0.1, -0.05) is 78.3 Å². The summed E-state index contributed by atoms with van der Waals surface area (Å²) < 4.78 is 5.32. The van der Waals surface area contributed by atoms with E-state index in [0.717, 1.165) is 12.0 Å². The highest BCUT2D eigenvalue weighted by Crippen LogP contribution is 2.35. The predicted octanol–water partition coefficient (Wildman–Crippen LogP) is 5.02. The van der Waals surface area contributed by atoms with Crippen molar-refractivity contribution in [1.29, 1.82) is 0 Å². The van der Waals surface area contributed by atoms with Gasteiger partial charge in [0.1, 0.15) is 6.04 Å². The number of nitrogens with one attached hydrogen (secondary N) is 3. The van der Waals surface area contributed by atoms with Gasteiger partial charge in [0.15, 0.2) is 0 Å². The van der Waals surface area contributed by atoms with Crippen molar-refractivity contribution in [2.75, 3.05) is 0 Å². The van der Waals surface area contributed by atoms with Crippen LogP contribution in [0.5, 0.6) is 0 Å². The molecule has 3 aromatic carbocycles. The minimum Gasteiger partial charge on any atom is -0.339 e. The molecule has 2 unspecified atom stereocenters. The summed E-state index contributed by atoms with van der Waals surface area (Å²) in [7, 11) is 0. The lowest BCUT2D eigenvalue weighted by molar-refractivity contribution is -0.120. The molecule has 2 heterocycles. The van der Waals surface area contributed by atoms with Gasteiger partial charge in [-0.15, -0.1) is 0 Å². The molecule has 3 amide bonds. The van der Waals surface area contributed by atoms with Crippen molar-refractivity contribution in [3.05, 3.63) is 83.7 Å². The Bertz CT molecular complexity index is 1460. The predicted molar refractivity (Wildman–Crippen MR) is 144 cm³/mol. The zero-order valence-corrected chi connectivity index (χ0v) is 21.3. The lowest BCUT2D eigenvalue weighted by Crippen LogP contribution is -2.35. The molecule has 2 aliphatic rings. The van der Waals surface area contributed by atoms with Crippen LogP contribution in [-0.2, 0) is 11.2 Å². The van der Waals surface area contributed by atoms with Crippen LogP contribution < -0.4 is 16.0 Å². The largest absolute Gasteiger partial charge is 0.339 e. The van der Waals surface area contributed by atoms with Gasteiger partial charge >= 0.3 is 6.03 Å². The number of carbonyl (C=O) groups is 2. The average molecular weight is 510 g/mol. The Hall–Kier alpha value is -4.04. The van der Waals surface area contributed by atoms with Gasteiger partial charge < -0.3 is 15.2 Å². The SMILES string of the molecule is C[C@@H](NC1CCC[C@H](c2ccc(-c3noc(CC4NC(=O)NC4=O)n3)cc2)C1)c1cccc2ccccc12. The van der Waals surface area contributed by atoms with Gasteiger partial charge in [0.25, 0.3) is 5.91 Å². The molecular weight excluding hydrogens is 478 g/mol. The molecule has 1 aliphatic carbocycles. The zero-order chi connectivity index (χ0) is 26.1. The molecular formula is C30H31N5O3. The number of aromatic nitrogens is 2. The highest BCUT2D eigenvalue weighted by molar-refractivity contribution is 6.04. The number of amides is 3. The van der Waals surface area contributed by atoms with Gasteiger partial charge in [0.05, 0.1) is 6.42 Å². The van der Waals surface area contributed by atoms with Crippen LogP contribution in [0.4, 0.5) is 4.79 Å². The highest BCUT2D eigenvalue weighted by Gasteiger charge is 2.31. The summed E-state index contributed by atoms with van der Waals surface area (Å²) >= 11 is 0. The Balaban J connectivity index is 1.09. The van der Waals surface area contributed by atoms with E-state index >= 15 is 0 Å². The van der Waals surface area contributed by atoms with Gasteiger partial charge in [0.2, 0.25) is 11.7 Å². The number of imide groups is 1. The smallest absolute Gasteiger partial charge is 0.322 e. The molecule has 194 valence electrons. The molecule has 4 atom stereocenters. The summed E-state index contributed by atoms with van der Waals surface area (Å²) in [6.45, 7) is 2.27. The molecule has 4 aromatic rings. The van der Waals surface area contributed by atoms with E-state index in [2.05, 4.69) is 87.6 Å². The van der Waals surface area contributed by atoms with Crippen LogP contribution in [-0.4, -0.2) is 34.2 Å². The van der Waals surface area contributed by atoms with Crippen molar-refractivity contribution in [1.82, 2.24) is 26.1 Å². The second kappa shape index (κ2) is 10.4. The number of rotatable bonds is 7. The summed E-state index contributed by atoms with van der Waals surface area (Å²) in [5, 5.41) is 15.3. The van der Waals surface area contributed by atoms with Crippen LogP contribution in [0.3, 0.4) is 0 Å². The molecule has 1 saturated carbocycles. The minimum atomic E-state index is -0.686. The summed E-state index contributed by atoms with van der Waals surface area (Å²) in [6, 6.07) is 23.1. The fraction of sp³-hybridized carbons (Fsp3) is 0.333. The molecule has 8 nitrogen and oxygen atoms in total. The summed E-state index contributed by atoms with van der Waals surface area (Å²) in [5.41, 5.74) is 3.54. The van der Waals surface area contributed by atoms with Gasteiger partial charge in [0, 0.05) is 17.6 Å². The first-order chi connectivity index (χ1) is 18.5. The lowest BCUT2D eigenvalue weighted by atomic mass is 9.80. The summed E-state index contributed by atoms with van der Waals surface area (Å²) in [6.07, 6.45) is 4.84. The molecule has 2 fully saturated rings. The molecule has 1 aliphatic heterocycles. The van der Waals surface area contributed by atoms with E-state index in [1.807, 2.05) is 12.1 Å². The number of fused-ring (bicyclic) bond motifs is 1. The van der Waals surface area contributed by atoms with Gasteiger partial charge in [-0.3, -0.25) is 10.1 Å². The van der Waals surface area contributed by atoms with Crippen molar-refractivity contribution in [2.45, 2.75) is 63.1 Å². The van der Waals surface area contributed by atoms with Crippen LogP contribution in [0, 0.1) is 0 Å². The van der Waals surface area contributed by atoms with Crippen molar-refractivity contribution in [3.8, 4) is 11.4 Å². The van der Waals surface area contributed by atoms with Crippen LogP contribution in [0.2, 0.25) is 0 Å². The maximum atomic E-state index is 11.8. The number of hydrogen-bond acceptors (Lipinski definition) is 6. The van der Waals surface area contributed by atoms with E-state index in [9.17, 15) is 9.59 Å². The number of urea groups is 1. The average Bonchev–Trinajstić information content (AvgIpc) is 3.54. The van der Waals surface area contributed by atoms with Gasteiger partial charge in [-0.05, 0) is 54.0 Å². The van der Waals surface area contributed by atoms with Crippen LogP contribution in [0.15, 0.2) is 71.3 Å². The molecule has 6 rings (SSSR count). The van der Waals surface area contributed by atoms with Crippen LogP contribution in [0.1, 0.15) is 61.6 Å². The quantitative estimate of drug-likeness (QED) is 0.302. The van der Waals surface area contributed by atoms with Crippen molar-refractivity contribution < 1.29 is 14.1 Å². The van der Waals surface area contributed by atoms with Crippen molar-refractivity contribution in [2.24, 2.45) is 0 Å². The van der Waals surface area contributed by atoms with E-state index in [0.29, 0.717) is 23.7 Å². The minimum absolute atomic E-state index is 0.163. The molecule has 3 N–H and O–H groups in total. The Morgan fingerprint density at radius 3 is 2.66 bits per heavy atom. The normalized spacial score (nSPS) is 22.3. The summed E-state index contributed by atoms with van der Waals surface area (Å²) in [5.74, 6) is 0.905. The van der Waals surface area contributed by atoms with Crippen molar-refractivity contribution >= 4 is 22.7 Å². The van der Waals surface area contributed by atoms with E-state index < -0.39 is 12.1 Å². The fourth-order valence-electron chi connectivity index (χ4n) is 5.85. The van der Waals surface area contributed by atoms with Crippen molar-refractivity contribution in [3.63, 3.8) is 0 Å². The van der Waals surface area contributed by atoms with E-state index in [4.69, 9.17) is 4.52 Å². The summed E-state index contributed by atoms with van der Waals surface area (Å²) in [4.78, 5) is 27.5. The second-order valence-corrected chi connectivity index (χ2v) is 10.4. The third kappa shape index (κ3) is 5.04. The standard InChI is InChI=1S/C30H31N5O3/c1-18(24-11-5-7-20-6-2-3-10-25(20)24)31-23-9-4-8-22(16-23)19-12-14-21(15-13-19)28-33-27(38-35-28)17-26-29(36)34-30(37)32-26/h2-3,5-7,10-15,18,22-23,26,31H,4,8-9,16-17H2,1H3,(H2,32,34,36,37)/t18-,22+,23?,26?/m1/s1. The van der Waals surface area contributed by atoms with Gasteiger partial charge in [-0.2, -0.15) is 4.98 Å². The van der Waals surface area contributed by atoms with Gasteiger partial charge in [-0.25, -0.2) is 4.79 Å². The molecule has 1 aromatic heterocycles. The number of carbonyl (C=O) groups excluding carboxylic acids is 2. The Labute approximate surface area is 221 Å². The molecule has 0 radical (unpaired) electrons. The Morgan fingerprint density at radius 1 is 1.03 bits per heavy atom.